The molecule has 4 rings (SSSR count). The minimum atomic E-state index is -0.997. The lowest BCUT2D eigenvalue weighted by Crippen LogP contribution is -2.54. The number of ether oxygens (including phenoxy) is 1. The Hall–Kier alpha value is -2.98. The Labute approximate surface area is 205 Å². The molecule has 1 saturated carbocycles. The van der Waals surface area contributed by atoms with Crippen molar-refractivity contribution >= 4 is 23.4 Å². The standard InChI is InChI=1S/C24H26ClF2N3O5/c1-12(8-9-31)30-17-5-3-4-16(17)29-11-14(21(32)22(35-2)20(29)24(30)34)23(33)28-10-13-6-7-15(26)18(25)19(13)27/h6-7,11-12,16-17,31H,3-5,8-10H2,1-2H3,(H,28,33)/t12-,16+,17?/m0/s1. The van der Waals surface area contributed by atoms with Crippen LogP contribution in [0.25, 0.3) is 0 Å². The van der Waals surface area contributed by atoms with E-state index in [-0.39, 0.29) is 53.8 Å². The monoisotopic (exact) mass is 509 g/mol. The first-order valence-corrected chi connectivity index (χ1v) is 11.8. The summed E-state index contributed by atoms with van der Waals surface area (Å²) in [5.74, 6) is -3.34. The summed E-state index contributed by atoms with van der Waals surface area (Å²) in [6, 6.07) is 1.58. The number of carbonyl (C=O) groups excluding carboxylic acids is 2. The number of nitrogens with zero attached hydrogens (tertiary/aromatic N) is 2. The van der Waals surface area contributed by atoms with E-state index in [0.717, 1.165) is 31.4 Å². The van der Waals surface area contributed by atoms with Crippen LogP contribution >= 0.6 is 11.6 Å². The summed E-state index contributed by atoms with van der Waals surface area (Å²) in [6.07, 6.45) is 4.10. The van der Waals surface area contributed by atoms with E-state index < -0.39 is 33.9 Å². The van der Waals surface area contributed by atoms with Crippen LogP contribution in [0.15, 0.2) is 23.1 Å². The number of aliphatic hydroxyl groups is 1. The predicted molar refractivity (Wildman–Crippen MR) is 124 cm³/mol. The first kappa shape index (κ1) is 25.1. The van der Waals surface area contributed by atoms with E-state index in [9.17, 15) is 28.3 Å². The van der Waals surface area contributed by atoms with Crippen molar-refractivity contribution in [3.05, 3.63) is 62.0 Å². The molecule has 2 amide bonds. The number of carbonyl (C=O) groups is 2. The minimum absolute atomic E-state index is 0.0469. The number of hydrogen-bond donors (Lipinski definition) is 2. The van der Waals surface area contributed by atoms with Crippen LogP contribution in [-0.4, -0.2) is 52.2 Å². The Balaban J connectivity index is 1.71. The first-order chi connectivity index (χ1) is 16.7. The van der Waals surface area contributed by atoms with E-state index in [1.165, 1.54) is 13.3 Å². The van der Waals surface area contributed by atoms with Crippen LogP contribution in [0.5, 0.6) is 5.75 Å². The number of aromatic nitrogens is 1. The molecule has 0 saturated heterocycles. The van der Waals surface area contributed by atoms with E-state index in [0.29, 0.717) is 6.42 Å². The SMILES string of the molecule is COc1c2n(cc(C(=O)NCc3ccc(F)c(Cl)c3F)c1=O)[C@@H]1CCCC1N([C@@H](C)CCO)C2=O. The van der Waals surface area contributed by atoms with Gasteiger partial charge in [-0.1, -0.05) is 17.7 Å². The lowest BCUT2D eigenvalue weighted by atomic mass is 9.99. The largest absolute Gasteiger partial charge is 0.491 e. The maximum absolute atomic E-state index is 14.2. The minimum Gasteiger partial charge on any atom is -0.491 e. The molecule has 1 aromatic carbocycles. The second-order valence-corrected chi connectivity index (χ2v) is 9.20. The third-order valence-electron chi connectivity index (χ3n) is 6.81. The molecule has 0 bridgehead atoms. The fourth-order valence-corrected chi connectivity index (χ4v) is 5.28. The molecule has 1 unspecified atom stereocenters. The van der Waals surface area contributed by atoms with Gasteiger partial charge in [0.2, 0.25) is 5.43 Å². The topological polar surface area (TPSA) is 101 Å². The highest BCUT2D eigenvalue weighted by atomic mass is 35.5. The second-order valence-electron chi connectivity index (χ2n) is 8.82. The number of hydrogen-bond acceptors (Lipinski definition) is 5. The molecule has 11 heteroatoms. The number of halogens is 3. The highest BCUT2D eigenvalue weighted by molar-refractivity contribution is 6.30. The lowest BCUT2D eigenvalue weighted by molar-refractivity contribution is 0.0404. The molecule has 1 aliphatic heterocycles. The summed E-state index contributed by atoms with van der Waals surface area (Å²) in [6.45, 7) is 1.45. The van der Waals surface area contributed by atoms with Crippen LogP contribution in [0, 0.1) is 11.6 Å². The fraction of sp³-hybridized carbons (Fsp3) is 0.458. The Morgan fingerprint density at radius 3 is 2.69 bits per heavy atom. The van der Waals surface area contributed by atoms with E-state index >= 15 is 0 Å². The van der Waals surface area contributed by atoms with Crippen LogP contribution in [0.4, 0.5) is 8.78 Å². The molecule has 0 radical (unpaired) electrons. The normalized spacial score (nSPS) is 19.8. The molecule has 35 heavy (non-hydrogen) atoms. The molecule has 2 aromatic rings. The Kier molecular flexibility index (Phi) is 7.14. The molecule has 2 heterocycles. The number of amides is 2. The summed E-state index contributed by atoms with van der Waals surface area (Å²) in [7, 11) is 1.25. The Morgan fingerprint density at radius 2 is 2.00 bits per heavy atom. The molecule has 2 N–H and O–H groups in total. The zero-order valence-corrected chi connectivity index (χ0v) is 20.1. The van der Waals surface area contributed by atoms with Crippen molar-refractivity contribution in [2.45, 2.75) is 57.3 Å². The molecule has 2 aliphatic rings. The van der Waals surface area contributed by atoms with E-state index in [1.807, 2.05) is 6.92 Å². The van der Waals surface area contributed by atoms with Crippen molar-refractivity contribution in [2.75, 3.05) is 13.7 Å². The highest BCUT2D eigenvalue weighted by Crippen LogP contribution is 2.42. The summed E-state index contributed by atoms with van der Waals surface area (Å²) in [4.78, 5) is 41.4. The van der Waals surface area contributed by atoms with Gasteiger partial charge in [0.05, 0.1) is 19.2 Å². The Bertz CT molecular complexity index is 1230. The van der Waals surface area contributed by atoms with Crippen molar-refractivity contribution < 1.29 is 28.2 Å². The molecular formula is C24H26ClF2N3O5. The molecule has 8 nitrogen and oxygen atoms in total. The molecule has 1 fully saturated rings. The average Bonchev–Trinajstić information content (AvgIpc) is 3.31. The van der Waals surface area contributed by atoms with E-state index in [4.69, 9.17) is 16.3 Å². The number of aliphatic hydroxyl groups excluding tert-OH is 1. The van der Waals surface area contributed by atoms with Gasteiger partial charge in [0.1, 0.15) is 22.2 Å². The zero-order chi connectivity index (χ0) is 25.4. The summed E-state index contributed by atoms with van der Waals surface area (Å²) in [5, 5.41) is 11.2. The van der Waals surface area contributed by atoms with Crippen LogP contribution in [-0.2, 0) is 6.54 Å². The zero-order valence-electron chi connectivity index (χ0n) is 19.3. The third kappa shape index (κ3) is 4.29. The molecule has 3 atom stereocenters. The summed E-state index contributed by atoms with van der Waals surface area (Å²) < 4.78 is 34.6. The molecular weight excluding hydrogens is 484 g/mol. The second kappa shape index (κ2) is 9.94. The maximum Gasteiger partial charge on any atom is 0.275 e. The van der Waals surface area contributed by atoms with Gasteiger partial charge in [-0.3, -0.25) is 14.4 Å². The number of pyridine rings is 1. The van der Waals surface area contributed by atoms with Gasteiger partial charge in [-0.15, -0.1) is 0 Å². The Morgan fingerprint density at radius 1 is 1.29 bits per heavy atom. The van der Waals surface area contributed by atoms with Crippen molar-refractivity contribution in [1.82, 2.24) is 14.8 Å². The van der Waals surface area contributed by atoms with Gasteiger partial charge in [-0.05, 0) is 38.7 Å². The first-order valence-electron chi connectivity index (χ1n) is 11.4. The summed E-state index contributed by atoms with van der Waals surface area (Å²) in [5.41, 5.74) is -1.00. The predicted octanol–water partition coefficient (Wildman–Crippen LogP) is 3.04. The third-order valence-corrected chi connectivity index (χ3v) is 7.16. The van der Waals surface area contributed by atoms with Gasteiger partial charge < -0.3 is 24.6 Å². The van der Waals surface area contributed by atoms with Crippen LogP contribution in [0.2, 0.25) is 5.02 Å². The molecule has 188 valence electrons. The van der Waals surface area contributed by atoms with E-state index in [1.54, 1.807) is 9.47 Å². The van der Waals surface area contributed by atoms with Gasteiger partial charge in [-0.25, -0.2) is 8.78 Å². The number of rotatable bonds is 7. The lowest BCUT2D eigenvalue weighted by Gasteiger charge is -2.43. The van der Waals surface area contributed by atoms with Crippen molar-refractivity contribution in [3.63, 3.8) is 0 Å². The van der Waals surface area contributed by atoms with Crippen LogP contribution in [0.3, 0.4) is 0 Å². The molecule has 1 aromatic heterocycles. The van der Waals surface area contributed by atoms with Crippen LogP contribution in [0.1, 0.15) is 65.1 Å². The maximum atomic E-state index is 14.2. The van der Waals surface area contributed by atoms with Crippen LogP contribution < -0.4 is 15.5 Å². The van der Waals surface area contributed by atoms with Gasteiger partial charge in [0, 0.05) is 31.0 Å². The number of nitrogens with one attached hydrogen (secondary N) is 1. The average molecular weight is 510 g/mol. The van der Waals surface area contributed by atoms with Crippen molar-refractivity contribution in [1.29, 1.82) is 0 Å². The molecule has 0 spiro atoms. The van der Waals surface area contributed by atoms with Crippen molar-refractivity contribution in [2.24, 2.45) is 0 Å². The quantitative estimate of drug-likeness (QED) is 0.559. The van der Waals surface area contributed by atoms with E-state index in [2.05, 4.69) is 5.32 Å². The fourth-order valence-electron chi connectivity index (χ4n) is 5.10. The van der Waals surface area contributed by atoms with Gasteiger partial charge in [0.25, 0.3) is 11.8 Å². The highest BCUT2D eigenvalue weighted by Gasteiger charge is 2.46. The van der Waals surface area contributed by atoms with Gasteiger partial charge in [0.15, 0.2) is 11.4 Å². The number of benzene rings is 1. The number of methoxy groups -OCH3 is 1. The smallest absolute Gasteiger partial charge is 0.275 e. The number of fused-ring (bicyclic) bond motifs is 3. The van der Waals surface area contributed by atoms with Gasteiger partial charge in [-0.2, -0.15) is 0 Å². The summed E-state index contributed by atoms with van der Waals surface area (Å²) >= 11 is 5.60. The molecule has 1 aliphatic carbocycles. The van der Waals surface area contributed by atoms with Gasteiger partial charge >= 0.3 is 0 Å². The van der Waals surface area contributed by atoms with Crippen molar-refractivity contribution in [3.8, 4) is 5.75 Å².